The van der Waals surface area contributed by atoms with Crippen LogP contribution in [0.2, 0.25) is 0 Å². The molecule has 1 heterocycles. The molecule has 0 aromatic heterocycles. The zero-order valence-corrected chi connectivity index (χ0v) is 18.7. The molecule has 0 amide bonds. The lowest BCUT2D eigenvalue weighted by molar-refractivity contribution is -0.913. The highest BCUT2D eigenvalue weighted by Crippen LogP contribution is 2.14. The van der Waals surface area contributed by atoms with E-state index in [0.29, 0.717) is 0 Å². The molecule has 0 spiro atoms. The van der Waals surface area contributed by atoms with Crippen LogP contribution in [0.15, 0.2) is 48.5 Å². The number of hydrogen-bond acceptors (Lipinski definition) is 5. The molecule has 0 bridgehead atoms. The lowest BCUT2D eigenvalue weighted by Crippen LogP contribution is -2.57. The first-order valence-corrected chi connectivity index (χ1v) is 10.8. The number of hydrogen-bond donors (Lipinski definition) is 4. The van der Waals surface area contributed by atoms with Gasteiger partial charge in [-0.15, -0.1) is 0 Å². The quantitative estimate of drug-likeness (QED) is 0.208. The second-order valence-electron chi connectivity index (χ2n) is 8.44. The monoisotopic (exact) mass is 412 g/mol. The molecule has 1 fully saturated rings. The van der Waals surface area contributed by atoms with Crippen molar-refractivity contribution in [3.63, 3.8) is 0 Å². The number of nitrogen functional groups attached to an aromatic ring is 2. The fraction of sp³-hybridized carbons (Fsp3) is 0.458. The number of quaternary nitrogens is 1. The van der Waals surface area contributed by atoms with Gasteiger partial charge in [-0.2, -0.15) is 0 Å². The molecule has 6 N–H and O–H groups in total. The van der Waals surface area contributed by atoms with Crippen molar-refractivity contribution < 1.29 is 4.48 Å². The average molecular weight is 413 g/mol. The highest BCUT2D eigenvalue weighted by molar-refractivity contribution is 5.51. The van der Waals surface area contributed by atoms with Crippen LogP contribution in [0.3, 0.4) is 0 Å². The Balaban J connectivity index is 0.00000320. The minimum absolute atomic E-state index is 0. The van der Waals surface area contributed by atoms with Crippen molar-refractivity contribution in [3.05, 3.63) is 56.0 Å². The Morgan fingerprint density at radius 3 is 1.77 bits per heavy atom. The molecular formula is C24H40N6. The minimum atomic E-state index is 0. The Morgan fingerprint density at radius 2 is 1.27 bits per heavy atom. The molecule has 0 atom stereocenters. The van der Waals surface area contributed by atoms with E-state index in [1.54, 1.807) is 0 Å². The largest absolute Gasteiger partial charge is 0.399 e. The molecule has 1 aliphatic heterocycles. The second kappa shape index (κ2) is 11.7. The van der Waals surface area contributed by atoms with E-state index >= 15 is 0 Å². The molecule has 3 rings (SSSR count). The van der Waals surface area contributed by atoms with Gasteiger partial charge < -0.3 is 34.0 Å². The Kier molecular flexibility index (Phi) is 9.27. The number of nitrogens with two attached hydrogens (primary N) is 2. The Morgan fingerprint density at radius 1 is 0.800 bits per heavy atom. The van der Waals surface area contributed by atoms with E-state index in [-0.39, 0.29) is 7.43 Å². The van der Waals surface area contributed by atoms with Gasteiger partial charge in [-0.25, -0.2) is 0 Å². The smallest absolute Gasteiger partial charge is 0.0914 e. The topological polar surface area (TPSA) is 79.3 Å². The predicted octanol–water partition coefficient (Wildman–Crippen LogP) is 3.37. The van der Waals surface area contributed by atoms with Gasteiger partial charge in [0, 0.05) is 61.9 Å². The van der Waals surface area contributed by atoms with Crippen LogP contribution in [-0.4, -0.2) is 68.8 Å². The van der Waals surface area contributed by atoms with E-state index < -0.39 is 0 Å². The van der Waals surface area contributed by atoms with Crippen LogP contribution in [0.1, 0.15) is 12.8 Å². The molecule has 0 saturated carbocycles. The van der Waals surface area contributed by atoms with Crippen molar-refractivity contribution in [3.8, 4) is 0 Å². The van der Waals surface area contributed by atoms with E-state index in [0.717, 1.165) is 35.8 Å². The van der Waals surface area contributed by atoms with Crippen LogP contribution in [0.5, 0.6) is 0 Å². The van der Waals surface area contributed by atoms with Crippen LogP contribution >= 0.6 is 0 Å². The summed E-state index contributed by atoms with van der Waals surface area (Å²) in [5, 5.41) is 6.98. The van der Waals surface area contributed by atoms with Gasteiger partial charge >= 0.3 is 0 Å². The number of rotatable bonds is 10. The molecular weight excluding hydrogens is 372 g/mol. The van der Waals surface area contributed by atoms with Gasteiger partial charge in [0.2, 0.25) is 0 Å². The number of likely N-dealkylation sites (N-methyl/N-ethyl adjacent to an activating group) is 1. The Bertz CT molecular complexity index is 720. The van der Waals surface area contributed by atoms with Crippen LogP contribution in [0, 0.1) is 7.43 Å². The van der Waals surface area contributed by atoms with Crippen molar-refractivity contribution in [2.75, 3.05) is 81.5 Å². The van der Waals surface area contributed by atoms with Crippen LogP contribution < -0.4 is 22.1 Å². The first-order valence-electron chi connectivity index (χ1n) is 10.8. The van der Waals surface area contributed by atoms with Crippen LogP contribution in [0.4, 0.5) is 22.7 Å². The number of anilines is 4. The van der Waals surface area contributed by atoms with E-state index in [1.807, 2.05) is 48.5 Å². The van der Waals surface area contributed by atoms with Crippen molar-refractivity contribution in [2.24, 2.45) is 0 Å². The fourth-order valence-electron chi connectivity index (χ4n) is 3.87. The predicted molar refractivity (Wildman–Crippen MR) is 132 cm³/mol. The first-order chi connectivity index (χ1) is 14.0. The fourth-order valence-corrected chi connectivity index (χ4v) is 3.87. The van der Waals surface area contributed by atoms with Gasteiger partial charge in [0.05, 0.1) is 26.7 Å². The van der Waals surface area contributed by atoms with E-state index in [1.165, 1.54) is 56.6 Å². The molecule has 0 radical (unpaired) electrons. The normalized spacial score (nSPS) is 15.9. The molecule has 0 unspecified atom stereocenters. The Labute approximate surface area is 182 Å². The van der Waals surface area contributed by atoms with Gasteiger partial charge in [-0.05, 0) is 55.0 Å². The molecule has 2 aromatic rings. The highest BCUT2D eigenvalue weighted by atomic mass is 15.4. The van der Waals surface area contributed by atoms with E-state index in [4.69, 9.17) is 11.5 Å². The van der Waals surface area contributed by atoms with Crippen molar-refractivity contribution >= 4 is 22.7 Å². The third kappa shape index (κ3) is 7.76. The molecule has 1 saturated heterocycles. The van der Waals surface area contributed by atoms with E-state index in [9.17, 15) is 0 Å². The number of benzene rings is 2. The van der Waals surface area contributed by atoms with Gasteiger partial charge in [-0.1, -0.05) is 0 Å². The molecule has 2 aromatic carbocycles. The zero-order chi connectivity index (χ0) is 20.5. The third-order valence-corrected chi connectivity index (χ3v) is 5.92. The maximum atomic E-state index is 5.74. The summed E-state index contributed by atoms with van der Waals surface area (Å²) < 4.78 is 1.18. The molecule has 166 valence electrons. The zero-order valence-electron chi connectivity index (χ0n) is 18.7. The molecule has 1 aliphatic rings. The summed E-state index contributed by atoms with van der Waals surface area (Å²) in [5.74, 6) is 0. The highest BCUT2D eigenvalue weighted by Gasteiger charge is 2.27. The first kappa shape index (κ1) is 23.8. The molecule has 0 aliphatic carbocycles. The number of nitrogens with zero attached hydrogens (tertiary/aromatic N) is 2. The molecule has 6 nitrogen and oxygen atoms in total. The summed E-state index contributed by atoms with van der Waals surface area (Å²) in [6.45, 7) is 9.30. The summed E-state index contributed by atoms with van der Waals surface area (Å²) >= 11 is 0. The molecule has 30 heavy (non-hydrogen) atoms. The van der Waals surface area contributed by atoms with Gasteiger partial charge in [0.1, 0.15) is 0 Å². The van der Waals surface area contributed by atoms with Crippen molar-refractivity contribution in [2.45, 2.75) is 12.8 Å². The summed E-state index contributed by atoms with van der Waals surface area (Å²) in [7, 11) is 2.41. The van der Waals surface area contributed by atoms with Crippen LogP contribution in [-0.2, 0) is 0 Å². The molecule has 6 heteroatoms. The van der Waals surface area contributed by atoms with Gasteiger partial charge in [0.15, 0.2) is 0 Å². The lowest BCUT2D eigenvalue weighted by Gasteiger charge is -2.42. The SMILES string of the molecule is C[N+]1(CCCNc2ccc(N)cc2)CCN(CCCNc2ccc(N)cc2)CC1.[CH3-]. The average Bonchev–Trinajstić information content (AvgIpc) is 2.73. The summed E-state index contributed by atoms with van der Waals surface area (Å²) in [4.78, 5) is 2.61. The van der Waals surface area contributed by atoms with Gasteiger partial charge in [-0.3, -0.25) is 4.90 Å². The van der Waals surface area contributed by atoms with Crippen molar-refractivity contribution in [1.82, 2.24) is 4.90 Å². The van der Waals surface area contributed by atoms with E-state index in [2.05, 4.69) is 22.6 Å². The van der Waals surface area contributed by atoms with Crippen molar-refractivity contribution in [1.29, 1.82) is 0 Å². The Hall–Kier alpha value is -2.44. The second-order valence-corrected chi connectivity index (χ2v) is 8.44. The minimum Gasteiger partial charge on any atom is -0.399 e. The number of piperazine rings is 1. The standard InChI is InChI=1S/C23H37N6.CH3/c1-29(17-3-13-27-23-10-6-21(25)7-11-23)18-15-28(16-19-29)14-2-12-26-22-8-4-20(24)5-9-22;/h4-11,26-27H,2-3,12-19,24-25H2,1H3;1H3/q+1;-1. The summed E-state index contributed by atoms with van der Waals surface area (Å²) in [6, 6.07) is 16.0. The maximum absolute atomic E-state index is 5.74. The number of nitrogens with one attached hydrogen (secondary N) is 2. The third-order valence-electron chi connectivity index (χ3n) is 5.92. The summed E-state index contributed by atoms with van der Waals surface area (Å²) in [5.41, 5.74) is 15.4. The van der Waals surface area contributed by atoms with Gasteiger partial charge in [0.25, 0.3) is 0 Å². The van der Waals surface area contributed by atoms with Crippen LogP contribution in [0.25, 0.3) is 0 Å². The lowest BCUT2D eigenvalue weighted by atomic mass is 10.2. The summed E-state index contributed by atoms with van der Waals surface area (Å²) in [6.07, 6.45) is 2.35. The maximum Gasteiger partial charge on any atom is 0.0914 e.